The Hall–Kier alpha value is -1.89. The molecule has 0 fully saturated rings. The van der Waals surface area contributed by atoms with E-state index in [1.807, 2.05) is 40.1 Å². The molecule has 5 nitrogen and oxygen atoms in total. The molecular weight excluding hydrogens is 370 g/mol. The summed E-state index contributed by atoms with van der Waals surface area (Å²) in [4.78, 5) is 4.72. The molecule has 2 aromatic rings. The molecular formula is C22H31N3O2S. The number of fused-ring (bicyclic) bond motifs is 1. The molecule has 0 bridgehead atoms. The molecule has 1 N–H and O–H groups in total. The molecule has 1 aliphatic heterocycles. The number of nitrogens with one attached hydrogen (secondary N) is 1. The predicted octanol–water partition coefficient (Wildman–Crippen LogP) is 3.27. The largest absolute Gasteiger partial charge is 0.374 e. The summed E-state index contributed by atoms with van der Waals surface area (Å²) in [7, 11) is 2.54. The Morgan fingerprint density at radius 3 is 2.61 bits per heavy atom. The maximum atomic E-state index is 12.9. The Kier molecular flexibility index (Phi) is 6.12. The van der Waals surface area contributed by atoms with E-state index in [1.165, 1.54) is 11.3 Å². The van der Waals surface area contributed by atoms with Crippen LogP contribution >= 0.6 is 0 Å². The molecule has 0 radical (unpaired) electrons. The number of hydrogen-bond donors (Lipinski definition) is 1. The molecule has 152 valence electrons. The number of rotatable bonds is 6. The molecule has 28 heavy (non-hydrogen) atoms. The highest BCUT2D eigenvalue weighted by Crippen LogP contribution is 2.30. The van der Waals surface area contributed by atoms with E-state index in [1.54, 1.807) is 6.07 Å². The minimum atomic E-state index is -3.56. The Bertz CT molecular complexity index is 954. The highest BCUT2D eigenvalue weighted by molar-refractivity contribution is 7.89. The van der Waals surface area contributed by atoms with Crippen molar-refractivity contribution < 1.29 is 8.42 Å². The van der Waals surface area contributed by atoms with Crippen molar-refractivity contribution >= 4 is 15.7 Å². The summed E-state index contributed by atoms with van der Waals surface area (Å²) in [6, 6.07) is 12.0. The summed E-state index contributed by atoms with van der Waals surface area (Å²) in [5.74, 6) is 0. The summed E-state index contributed by atoms with van der Waals surface area (Å²) < 4.78 is 28.6. The average Bonchev–Trinajstić information content (AvgIpc) is 2.63. The van der Waals surface area contributed by atoms with Crippen LogP contribution in [0.2, 0.25) is 0 Å². The minimum absolute atomic E-state index is 0.0302. The van der Waals surface area contributed by atoms with E-state index in [0.29, 0.717) is 11.4 Å². The highest BCUT2D eigenvalue weighted by atomic mass is 32.2. The van der Waals surface area contributed by atoms with Crippen molar-refractivity contribution in [2.24, 2.45) is 0 Å². The van der Waals surface area contributed by atoms with E-state index in [2.05, 4.69) is 39.8 Å². The molecule has 6 heteroatoms. The van der Waals surface area contributed by atoms with Crippen molar-refractivity contribution in [3.63, 3.8) is 0 Å². The lowest BCUT2D eigenvalue weighted by Gasteiger charge is -2.30. The van der Waals surface area contributed by atoms with Gasteiger partial charge in [0.05, 0.1) is 4.90 Å². The van der Waals surface area contributed by atoms with Crippen molar-refractivity contribution in [3.05, 3.63) is 58.7 Å². The van der Waals surface area contributed by atoms with Crippen LogP contribution in [0, 0.1) is 13.8 Å². The molecule has 1 aliphatic rings. The van der Waals surface area contributed by atoms with Gasteiger partial charge in [0.2, 0.25) is 10.0 Å². The third-order valence-corrected chi connectivity index (χ3v) is 7.13. The fourth-order valence-electron chi connectivity index (χ4n) is 3.87. The van der Waals surface area contributed by atoms with Gasteiger partial charge in [0, 0.05) is 31.9 Å². The van der Waals surface area contributed by atoms with Gasteiger partial charge < -0.3 is 9.80 Å². The smallest absolute Gasteiger partial charge is 0.240 e. The molecule has 0 saturated heterocycles. The summed E-state index contributed by atoms with van der Waals surface area (Å²) in [5.41, 5.74) is 5.46. The zero-order valence-corrected chi connectivity index (χ0v) is 18.3. The molecule has 0 saturated carbocycles. The second kappa shape index (κ2) is 8.23. The van der Waals surface area contributed by atoms with Crippen LogP contribution in [0.4, 0.5) is 5.69 Å². The van der Waals surface area contributed by atoms with E-state index < -0.39 is 10.0 Å². The number of sulfonamides is 1. The van der Waals surface area contributed by atoms with Crippen molar-refractivity contribution in [1.29, 1.82) is 0 Å². The third-order valence-electron chi connectivity index (χ3n) is 5.56. The first-order valence-electron chi connectivity index (χ1n) is 9.76. The molecule has 1 atom stereocenters. The van der Waals surface area contributed by atoms with Crippen LogP contribution in [0.25, 0.3) is 0 Å². The standard InChI is InChI=1S/C22H31N3O2S/c1-16-8-9-17(2)22(13-16)28(26,27)23-15-21(24(3)4)19-10-11-20-18(14-19)7-6-12-25(20)5/h8-11,13-14,21,23H,6-7,12,15H2,1-5H3. The third kappa shape index (κ3) is 4.40. The molecule has 3 rings (SSSR count). The van der Waals surface area contributed by atoms with Gasteiger partial charge in [-0.25, -0.2) is 13.1 Å². The summed E-state index contributed by atoms with van der Waals surface area (Å²) in [5, 5.41) is 0. The second-order valence-electron chi connectivity index (χ2n) is 8.01. The monoisotopic (exact) mass is 401 g/mol. The number of aryl methyl sites for hydroxylation is 3. The van der Waals surface area contributed by atoms with Gasteiger partial charge in [-0.3, -0.25) is 0 Å². The van der Waals surface area contributed by atoms with E-state index in [0.717, 1.165) is 36.1 Å². The fourth-order valence-corrected chi connectivity index (χ4v) is 5.24. The molecule has 1 unspecified atom stereocenters. The normalized spacial score (nSPS) is 15.6. The molecule has 0 aromatic heterocycles. The average molecular weight is 402 g/mol. The van der Waals surface area contributed by atoms with Gasteiger partial charge in [-0.2, -0.15) is 0 Å². The highest BCUT2D eigenvalue weighted by Gasteiger charge is 2.23. The molecule has 0 amide bonds. The number of nitrogens with zero attached hydrogens (tertiary/aromatic N) is 2. The molecule has 0 aliphatic carbocycles. The number of anilines is 1. The van der Waals surface area contributed by atoms with E-state index in [-0.39, 0.29) is 6.04 Å². The van der Waals surface area contributed by atoms with E-state index in [4.69, 9.17) is 0 Å². The van der Waals surface area contributed by atoms with Crippen LogP contribution in [-0.2, 0) is 16.4 Å². The Balaban J connectivity index is 1.83. The zero-order chi connectivity index (χ0) is 20.5. The van der Waals surface area contributed by atoms with Crippen LogP contribution in [-0.4, -0.2) is 47.6 Å². The summed E-state index contributed by atoms with van der Waals surface area (Å²) >= 11 is 0. The van der Waals surface area contributed by atoms with Gasteiger partial charge in [-0.05, 0) is 75.2 Å². The number of likely N-dealkylation sites (N-methyl/N-ethyl adjacent to an activating group) is 1. The first kappa shape index (κ1) is 20.8. The van der Waals surface area contributed by atoms with Crippen LogP contribution in [0.5, 0.6) is 0 Å². The molecule has 1 heterocycles. The molecule has 2 aromatic carbocycles. The van der Waals surface area contributed by atoms with E-state index in [9.17, 15) is 8.42 Å². The van der Waals surface area contributed by atoms with Gasteiger partial charge in [0.15, 0.2) is 0 Å². The lowest BCUT2D eigenvalue weighted by Crippen LogP contribution is -2.35. The topological polar surface area (TPSA) is 52.7 Å². The zero-order valence-electron chi connectivity index (χ0n) is 17.5. The van der Waals surface area contributed by atoms with E-state index >= 15 is 0 Å². The predicted molar refractivity (Wildman–Crippen MR) is 116 cm³/mol. The Labute approximate surface area is 169 Å². The maximum Gasteiger partial charge on any atom is 0.240 e. The van der Waals surface area contributed by atoms with Gasteiger partial charge in [0.1, 0.15) is 0 Å². The Morgan fingerprint density at radius 2 is 1.89 bits per heavy atom. The Morgan fingerprint density at radius 1 is 1.14 bits per heavy atom. The first-order chi connectivity index (χ1) is 13.2. The lowest BCUT2D eigenvalue weighted by molar-refractivity contribution is 0.299. The van der Waals surface area contributed by atoms with Crippen LogP contribution in [0.15, 0.2) is 41.3 Å². The summed E-state index contributed by atoms with van der Waals surface area (Å²) in [6.45, 7) is 5.15. The number of hydrogen-bond acceptors (Lipinski definition) is 4. The quantitative estimate of drug-likeness (QED) is 0.807. The van der Waals surface area contributed by atoms with Crippen LogP contribution < -0.4 is 9.62 Å². The maximum absolute atomic E-state index is 12.9. The van der Waals surface area contributed by atoms with Crippen LogP contribution in [0.3, 0.4) is 0 Å². The van der Waals surface area contributed by atoms with Gasteiger partial charge in [-0.1, -0.05) is 24.3 Å². The van der Waals surface area contributed by atoms with Gasteiger partial charge in [-0.15, -0.1) is 0 Å². The fraction of sp³-hybridized carbons (Fsp3) is 0.455. The minimum Gasteiger partial charge on any atom is -0.374 e. The summed E-state index contributed by atoms with van der Waals surface area (Å²) in [6.07, 6.45) is 2.22. The lowest BCUT2D eigenvalue weighted by atomic mass is 9.96. The second-order valence-corrected chi connectivity index (χ2v) is 9.75. The van der Waals surface area contributed by atoms with Gasteiger partial charge >= 0.3 is 0 Å². The van der Waals surface area contributed by atoms with Crippen molar-refractivity contribution in [2.45, 2.75) is 37.6 Å². The van der Waals surface area contributed by atoms with Crippen molar-refractivity contribution in [3.8, 4) is 0 Å². The number of benzene rings is 2. The first-order valence-corrected chi connectivity index (χ1v) is 11.2. The molecule has 0 spiro atoms. The SMILES string of the molecule is Cc1ccc(C)c(S(=O)(=O)NCC(c2ccc3c(c2)CCCN3C)N(C)C)c1. The van der Waals surface area contributed by atoms with Crippen molar-refractivity contribution in [1.82, 2.24) is 9.62 Å². The van der Waals surface area contributed by atoms with Crippen LogP contribution in [0.1, 0.15) is 34.7 Å². The van der Waals surface area contributed by atoms with Crippen molar-refractivity contribution in [2.75, 3.05) is 39.1 Å². The van der Waals surface area contributed by atoms with Gasteiger partial charge in [0.25, 0.3) is 0 Å².